The van der Waals surface area contributed by atoms with E-state index in [0.29, 0.717) is 24.3 Å². The molecule has 5 nitrogen and oxygen atoms in total. The topological polar surface area (TPSA) is 82.3 Å². The van der Waals surface area contributed by atoms with Gasteiger partial charge in [0.1, 0.15) is 5.75 Å². The maximum atomic E-state index is 11.4. The lowest BCUT2D eigenvalue weighted by Gasteiger charge is -2.17. The Kier molecular flexibility index (Phi) is 3.87. The molecule has 100 valence electrons. The second-order valence-corrected chi connectivity index (χ2v) is 6.93. The standard InChI is InChI=1S/C12H18N2O3S/c1-17-11-3-2-5-14-12(11)10(13)7-9-4-6-18(15,16)8-9/h2-3,5,9-10H,4,6-8,13H2,1H3. The third-order valence-electron chi connectivity index (χ3n) is 3.28. The smallest absolute Gasteiger partial charge is 0.150 e. The van der Waals surface area contributed by atoms with Crippen LogP contribution in [0.15, 0.2) is 18.3 Å². The van der Waals surface area contributed by atoms with Crippen LogP contribution in [-0.2, 0) is 9.84 Å². The van der Waals surface area contributed by atoms with Gasteiger partial charge in [-0.3, -0.25) is 4.98 Å². The molecule has 18 heavy (non-hydrogen) atoms. The number of rotatable bonds is 4. The van der Waals surface area contributed by atoms with Gasteiger partial charge in [0.15, 0.2) is 9.84 Å². The highest BCUT2D eigenvalue weighted by Crippen LogP contribution is 2.30. The van der Waals surface area contributed by atoms with Crippen molar-refractivity contribution in [3.8, 4) is 5.75 Å². The van der Waals surface area contributed by atoms with Gasteiger partial charge in [-0.25, -0.2) is 8.42 Å². The van der Waals surface area contributed by atoms with Crippen LogP contribution in [0.4, 0.5) is 0 Å². The molecule has 1 aliphatic heterocycles. The molecule has 1 aromatic heterocycles. The number of sulfone groups is 1. The molecule has 0 bridgehead atoms. The number of ether oxygens (including phenoxy) is 1. The minimum absolute atomic E-state index is 0.136. The molecule has 0 saturated carbocycles. The predicted molar refractivity (Wildman–Crippen MR) is 69.1 cm³/mol. The van der Waals surface area contributed by atoms with E-state index in [2.05, 4.69) is 4.98 Å². The first-order valence-electron chi connectivity index (χ1n) is 5.97. The zero-order chi connectivity index (χ0) is 13.2. The van der Waals surface area contributed by atoms with Gasteiger partial charge in [-0.05, 0) is 30.9 Å². The Bertz CT molecular complexity index is 516. The summed E-state index contributed by atoms with van der Waals surface area (Å²) < 4.78 is 28.0. The number of aromatic nitrogens is 1. The fourth-order valence-corrected chi connectivity index (χ4v) is 4.26. The van der Waals surface area contributed by atoms with E-state index in [1.807, 2.05) is 6.07 Å². The molecule has 0 aromatic carbocycles. The highest BCUT2D eigenvalue weighted by atomic mass is 32.2. The van der Waals surface area contributed by atoms with Crippen LogP contribution in [0.3, 0.4) is 0 Å². The first-order chi connectivity index (χ1) is 8.52. The van der Waals surface area contributed by atoms with Crippen molar-refractivity contribution < 1.29 is 13.2 Å². The van der Waals surface area contributed by atoms with Crippen molar-refractivity contribution in [2.45, 2.75) is 18.9 Å². The molecule has 2 unspecified atom stereocenters. The van der Waals surface area contributed by atoms with E-state index in [1.165, 1.54) is 0 Å². The molecular formula is C12H18N2O3S. The number of nitrogens with two attached hydrogens (primary N) is 1. The van der Waals surface area contributed by atoms with Crippen molar-refractivity contribution in [1.82, 2.24) is 4.98 Å². The Labute approximate surface area is 107 Å². The summed E-state index contributed by atoms with van der Waals surface area (Å²) >= 11 is 0. The molecule has 0 aliphatic carbocycles. The van der Waals surface area contributed by atoms with Crippen molar-refractivity contribution in [3.63, 3.8) is 0 Å². The predicted octanol–water partition coefficient (Wildman–Crippen LogP) is 0.915. The second-order valence-electron chi connectivity index (χ2n) is 4.70. The SMILES string of the molecule is COc1cccnc1C(N)CC1CCS(=O)(=O)C1. The van der Waals surface area contributed by atoms with Gasteiger partial charge >= 0.3 is 0 Å². The minimum Gasteiger partial charge on any atom is -0.495 e. The third kappa shape index (κ3) is 3.00. The number of nitrogens with zero attached hydrogens (tertiary/aromatic N) is 1. The summed E-state index contributed by atoms with van der Waals surface area (Å²) in [4.78, 5) is 4.23. The van der Waals surface area contributed by atoms with Crippen LogP contribution in [-0.4, -0.2) is 32.0 Å². The summed E-state index contributed by atoms with van der Waals surface area (Å²) in [5, 5.41) is 0. The summed E-state index contributed by atoms with van der Waals surface area (Å²) in [5.74, 6) is 1.32. The minimum atomic E-state index is -2.85. The van der Waals surface area contributed by atoms with E-state index in [-0.39, 0.29) is 23.5 Å². The Balaban J connectivity index is 2.06. The summed E-state index contributed by atoms with van der Waals surface area (Å²) in [5.41, 5.74) is 6.80. The van der Waals surface area contributed by atoms with E-state index in [9.17, 15) is 8.42 Å². The Morgan fingerprint density at radius 2 is 2.39 bits per heavy atom. The Morgan fingerprint density at radius 1 is 1.61 bits per heavy atom. The Morgan fingerprint density at radius 3 is 3.00 bits per heavy atom. The molecule has 2 rings (SSSR count). The van der Waals surface area contributed by atoms with Crippen molar-refractivity contribution in [3.05, 3.63) is 24.0 Å². The zero-order valence-corrected chi connectivity index (χ0v) is 11.2. The molecule has 0 amide bonds. The van der Waals surface area contributed by atoms with Crippen LogP contribution >= 0.6 is 0 Å². The van der Waals surface area contributed by atoms with Crippen molar-refractivity contribution in [2.24, 2.45) is 11.7 Å². The van der Waals surface area contributed by atoms with Gasteiger partial charge in [0.25, 0.3) is 0 Å². The van der Waals surface area contributed by atoms with Gasteiger partial charge in [-0.2, -0.15) is 0 Å². The number of methoxy groups -OCH3 is 1. The van der Waals surface area contributed by atoms with Crippen LogP contribution in [0.2, 0.25) is 0 Å². The van der Waals surface area contributed by atoms with E-state index in [1.54, 1.807) is 19.4 Å². The Hall–Kier alpha value is -1.14. The number of hydrogen-bond donors (Lipinski definition) is 1. The summed E-state index contributed by atoms with van der Waals surface area (Å²) in [6, 6.07) is 3.32. The highest BCUT2D eigenvalue weighted by molar-refractivity contribution is 7.91. The molecule has 1 fully saturated rings. The normalized spacial score (nSPS) is 23.8. The van der Waals surface area contributed by atoms with E-state index in [4.69, 9.17) is 10.5 Å². The first kappa shape index (κ1) is 13.3. The third-order valence-corrected chi connectivity index (χ3v) is 5.12. The summed E-state index contributed by atoms with van der Waals surface area (Å²) in [7, 11) is -1.27. The van der Waals surface area contributed by atoms with E-state index >= 15 is 0 Å². The molecule has 0 radical (unpaired) electrons. The summed E-state index contributed by atoms with van der Waals surface area (Å²) in [6.07, 6.45) is 3.00. The molecular weight excluding hydrogens is 252 g/mol. The lowest BCUT2D eigenvalue weighted by molar-refractivity contribution is 0.392. The monoisotopic (exact) mass is 270 g/mol. The van der Waals surface area contributed by atoms with Gasteiger partial charge in [-0.1, -0.05) is 0 Å². The first-order valence-corrected chi connectivity index (χ1v) is 7.79. The molecule has 0 spiro atoms. The molecule has 6 heteroatoms. The average Bonchev–Trinajstić information content (AvgIpc) is 2.68. The fourth-order valence-electron chi connectivity index (χ4n) is 2.38. The lowest BCUT2D eigenvalue weighted by atomic mass is 9.97. The second kappa shape index (κ2) is 5.24. The summed E-state index contributed by atoms with van der Waals surface area (Å²) in [6.45, 7) is 0. The van der Waals surface area contributed by atoms with E-state index < -0.39 is 9.84 Å². The van der Waals surface area contributed by atoms with Crippen LogP contribution in [0.5, 0.6) is 5.75 Å². The van der Waals surface area contributed by atoms with Crippen molar-refractivity contribution in [2.75, 3.05) is 18.6 Å². The van der Waals surface area contributed by atoms with Crippen LogP contribution in [0, 0.1) is 5.92 Å². The molecule has 2 heterocycles. The van der Waals surface area contributed by atoms with Gasteiger partial charge in [-0.15, -0.1) is 0 Å². The molecule has 1 saturated heterocycles. The largest absolute Gasteiger partial charge is 0.495 e. The highest BCUT2D eigenvalue weighted by Gasteiger charge is 2.30. The van der Waals surface area contributed by atoms with E-state index in [0.717, 1.165) is 0 Å². The molecule has 2 atom stereocenters. The quantitative estimate of drug-likeness (QED) is 0.879. The average molecular weight is 270 g/mol. The van der Waals surface area contributed by atoms with Gasteiger partial charge < -0.3 is 10.5 Å². The number of pyridine rings is 1. The van der Waals surface area contributed by atoms with Gasteiger partial charge in [0.2, 0.25) is 0 Å². The van der Waals surface area contributed by atoms with Crippen LogP contribution in [0.1, 0.15) is 24.6 Å². The number of hydrogen-bond acceptors (Lipinski definition) is 5. The van der Waals surface area contributed by atoms with Crippen molar-refractivity contribution in [1.29, 1.82) is 0 Å². The molecule has 2 N–H and O–H groups in total. The van der Waals surface area contributed by atoms with Gasteiger partial charge in [0.05, 0.1) is 30.4 Å². The fraction of sp³-hybridized carbons (Fsp3) is 0.583. The maximum Gasteiger partial charge on any atom is 0.150 e. The zero-order valence-electron chi connectivity index (χ0n) is 10.4. The lowest BCUT2D eigenvalue weighted by Crippen LogP contribution is -2.18. The maximum absolute atomic E-state index is 11.4. The van der Waals surface area contributed by atoms with Crippen LogP contribution in [0.25, 0.3) is 0 Å². The van der Waals surface area contributed by atoms with Gasteiger partial charge in [0, 0.05) is 6.20 Å². The van der Waals surface area contributed by atoms with Crippen LogP contribution < -0.4 is 10.5 Å². The molecule has 1 aliphatic rings. The molecule has 1 aromatic rings. The van der Waals surface area contributed by atoms with Crippen molar-refractivity contribution >= 4 is 9.84 Å².